The molecule has 1 atom stereocenters. The number of anilines is 2. The topological polar surface area (TPSA) is 88.5 Å². The van der Waals surface area contributed by atoms with Crippen LogP contribution in [0.2, 0.25) is 0 Å². The highest BCUT2D eigenvalue weighted by Crippen LogP contribution is 2.23. The quantitative estimate of drug-likeness (QED) is 0.807. The Hall–Kier alpha value is -1.82. The molecule has 6 heteroatoms. The van der Waals surface area contributed by atoms with Crippen LogP contribution in [0.5, 0.6) is 0 Å². The molecule has 1 unspecified atom stereocenters. The molecule has 1 aromatic heterocycles. The van der Waals surface area contributed by atoms with Gasteiger partial charge in [0.05, 0.1) is 5.69 Å². The van der Waals surface area contributed by atoms with Gasteiger partial charge in [-0.3, -0.25) is 4.79 Å². The number of carbonyl (C=O) groups is 1. The normalized spacial score (nSPS) is 19.6. The first kappa shape index (κ1) is 13.6. The lowest BCUT2D eigenvalue weighted by atomic mass is 10.1. The first-order valence-corrected chi connectivity index (χ1v) is 6.43. The summed E-state index contributed by atoms with van der Waals surface area (Å²) in [6, 6.07) is 3.23. The van der Waals surface area contributed by atoms with Crippen molar-refractivity contribution in [3.8, 4) is 0 Å². The molecule has 1 amide bonds. The Kier molecular flexibility index (Phi) is 3.90. The number of nitrogen functional groups attached to an aromatic ring is 1. The van der Waals surface area contributed by atoms with E-state index in [2.05, 4.69) is 16.9 Å². The van der Waals surface area contributed by atoms with Gasteiger partial charge in [-0.15, -0.1) is 0 Å². The molecule has 2 heterocycles. The Morgan fingerprint density at radius 2 is 2.32 bits per heavy atom. The minimum Gasteiger partial charge on any atom is -0.396 e. The van der Waals surface area contributed by atoms with E-state index in [4.69, 9.17) is 11.5 Å². The van der Waals surface area contributed by atoms with E-state index in [0.717, 1.165) is 19.6 Å². The number of primary amides is 1. The third-order valence-corrected chi connectivity index (χ3v) is 3.54. The molecule has 0 aromatic carbocycles. The summed E-state index contributed by atoms with van der Waals surface area (Å²) in [6.45, 7) is 3.09. The first-order chi connectivity index (χ1) is 8.97. The zero-order valence-electron chi connectivity index (χ0n) is 11.5. The largest absolute Gasteiger partial charge is 0.396 e. The summed E-state index contributed by atoms with van der Waals surface area (Å²) in [5, 5.41) is 0. The molecule has 6 nitrogen and oxygen atoms in total. The van der Waals surface area contributed by atoms with Gasteiger partial charge in [-0.2, -0.15) is 0 Å². The van der Waals surface area contributed by atoms with Crippen molar-refractivity contribution in [2.24, 2.45) is 11.7 Å². The summed E-state index contributed by atoms with van der Waals surface area (Å²) >= 11 is 0. The lowest BCUT2D eigenvalue weighted by Gasteiger charge is -2.23. The number of carbonyl (C=O) groups excluding carboxylic acids is 1. The Balaban J connectivity index is 2.11. The van der Waals surface area contributed by atoms with Gasteiger partial charge in [0.25, 0.3) is 5.91 Å². The third kappa shape index (κ3) is 3.14. The van der Waals surface area contributed by atoms with Crippen molar-refractivity contribution in [3.05, 3.63) is 17.8 Å². The smallest absolute Gasteiger partial charge is 0.267 e. The molecular weight excluding hydrogens is 242 g/mol. The summed E-state index contributed by atoms with van der Waals surface area (Å²) < 4.78 is 0. The van der Waals surface area contributed by atoms with Crippen LogP contribution < -0.4 is 16.4 Å². The number of nitrogens with two attached hydrogens (primary N) is 2. The maximum atomic E-state index is 11.2. The van der Waals surface area contributed by atoms with Crippen molar-refractivity contribution >= 4 is 17.4 Å². The van der Waals surface area contributed by atoms with E-state index in [0.29, 0.717) is 17.4 Å². The SMILES string of the molecule is CN1CCC(CN(C)c2nc(C(N)=O)ccc2N)C1. The maximum Gasteiger partial charge on any atom is 0.267 e. The van der Waals surface area contributed by atoms with Crippen LogP contribution in [0.25, 0.3) is 0 Å². The van der Waals surface area contributed by atoms with Crippen LogP contribution in [-0.4, -0.2) is 49.5 Å². The van der Waals surface area contributed by atoms with E-state index in [1.807, 2.05) is 11.9 Å². The van der Waals surface area contributed by atoms with Crippen LogP contribution in [0.3, 0.4) is 0 Å². The fourth-order valence-electron chi connectivity index (χ4n) is 2.55. The van der Waals surface area contributed by atoms with Gasteiger partial charge in [0.15, 0.2) is 5.82 Å². The Bertz CT molecular complexity index is 476. The summed E-state index contributed by atoms with van der Waals surface area (Å²) in [4.78, 5) is 19.7. The monoisotopic (exact) mass is 263 g/mol. The second-order valence-electron chi connectivity index (χ2n) is 5.27. The number of pyridine rings is 1. The second kappa shape index (κ2) is 5.44. The molecule has 0 saturated carbocycles. The number of amides is 1. The zero-order valence-corrected chi connectivity index (χ0v) is 11.5. The number of rotatable bonds is 4. The molecule has 1 aliphatic heterocycles. The van der Waals surface area contributed by atoms with E-state index in [9.17, 15) is 4.79 Å². The fraction of sp³-hybridized carbons (Fsp3) is 0.538. The van der Waals surface area contributed by atoms with Crippen molar-refractivity contribution in [2.75, 3.05) is 44.4 Å². The lowest BCUT2D eigenvalue weighted by molar-refractivity contribution is 0.0995. The van der Waals surface area contributed by atoms with E-state index in [1.54, 1.807) is 12.1 Å². The van der Waals surface area contributed by atoms with Gasteiger partial charge in [0.2, 0.25) is 0 Å². The molecule has 2 rings (SSSR count). The van der Waals surface area contributed by atoms with Crippen LogP contribution in [0.15, 0.2) is 12.1 Å². The Morgan fingerprint density at radius 3 is 2.89 bits per heavy atom. The molecule has 104 valence electrons. The molecule has 0 spiro atoms. The van der Waals surface area contributed by atoms with Gasteiger partial charge < -0.3 is 21.3 Å². The van der Waals surface area contributed by atoms with E-state index in [-0.39, 0.29) is 5.69 Å². The van der Waals surface area contributed by atoms with Crippen LogP contribution in [-0.2, 0) is 0 Å². The Labute approximate surface area is 113 Å². The van der Waals surface area contributed by atoms with Gasteiger partial charge in [-0.25, -0.2) is 4.98 Å². The number of likely N-dealkylation sites (tertiary alicyclic amines) is 1. The van der Waals surface area contributed by atoms with Crippen molar-refractivity contribution in [1.82, 2.24) is 9.88 Å². The van der Waals surface area contributed by atoms with E-state index < -0.39 is 5.91 Å². The van der Waals surface area contributed by atoms with Gasteiger partial charge in [0, 0.05) is 20.1 Å². The van der Waals surface area contributed by atoms with Gasteiger partial charge in [-0.1, -0.05) is 0 Å². The van der Waals surface area contributed by atoms with Gasteiger partial charge in [0.1, 0.15) is 5.69 Å². The molecule has 0 aliphatic carbocycles. The van der Waals surface area contributed by atoms with Crippen molar-refractivity contribution < 1.29 is 4.79 Å². The summed E-state index contributed by atoms with van der Waals surface area (Å²) in [6.07, 6.45) is 1.18. The third-order valence-electron chi connectivity index (χ3n) is 3.54. The van der Waals surface area contributed by atoms with Crippen LogP contribution >= 0.6 is 0 Å². The summed E-state index contributed by atoms with van der Waals surface area (Å²) in [5.41, 5.74) is 12.0. The molecule has 1 aliphatic rings. The standard InChI is InChI=1S/C13H21N5O/c1-17-6-5-9(7-17)8-18(2)13-10(14)3-4-11(16-13)12(15)19/h3-4,9H,5-8,14H2,1-2H3,(H2,15,19). The minimum atomic E-state index is -0.532. The van der Waals surface area contributed by atoms with Gasteiger partial charge >= 0.3 is 0 Å². The summed E-state index contributed by atoms with van der Waals surface area (Å²) in [5.74, 6) is 0.703. The molecule has 1 aromatic rings. The lowest BCUT2D eigenvalue weighted by Crippen LogP contribution is -2.29. The van der Waals surface area contributed by atoms with Crippen LogP contribution in [0, 0.1) is 5.92 Å². The van der Waals surface area contributed by atoms with Crippen LogP contribution in [0.4, 0.5) is 11.5 Å². The predicted octanol–water partition coefficient (Wildman–Crippen LogP) is 0.151. The van der Waals surface area contributed by atoms with E-state index >= 15 is 0 Å². The number of aromatic nitrogens is 1. The molecule has 1 fully saturated rings. The average Bonchev–Trinajstić information content (AvgIpc) is 2.74. The zero-order chi connectivity index (χ0) is 14.0. The van der Waals surface area contributed by atoms with Crippen molar-refractivity contribution in [1.29, 1.82) is 0 Å². The maximum absolute atomic E-state index is 11.2. The number of nitrogens with zero attached hydrogens (tertiary/aromatic N) is 3. The van der Waals surface area contributed by atoms with Crippen LogP contribution in [0.1, 0.15) is 16.9 Å². The van der Waals surface area contributed by atoms with E-state index in [1.165, 1.54) is 6.42 Å². The Morgan fingerprint density at radius 1 is 1.58 bits per heavy atom. The molecular formula is C13H21N5O. The molecule has 0 bridgehead atoms. The highest BCUT2D eigenvalue weighted by atomic mass is 16.1. The minimum absolute atomic E-state index is 0.250. The fourth-order valence-corrected chi connectivity index (χ4v) is 2.55. The predicted molar refractivity (Wildman–Crippen MR) is 76.0 cm³/mol. The second-order valence-corrected chi connectivity index (χ2v) is 5.27. The first-order valence-electron chi connectivity index (χ1n) is 6.43. The number of hydrogen-bond donors (Lipinski definition) is 2. The number of hydrogen-bond acceptors (Lipinski definition) is 5. The molecule has 1 saturated heterocycles. The molecule has 4 N–H and O–H groups in total. The molecule has 19 heavy (non-hydrogen) atoms. The highest BCUT2D eigenvalue weighted by Gasteiger charge is 2.22. The highest BCUT2D eigenvalue weighted by molar-refractivity contribution is 5.91. The average molecular weight is 263 g/mol. The van der Waals surface area contributed by atoms with Crippen molar-refractivity contribution in [2.45, 2.75) is 6.42 Å². The van der Waals surface area contributed by atoms with Gasteiger partial charge in [-0.05, 0) is 38.1 Å². The molecule has 0 radical (unpaired) electrons. The van der Waals surface area contributed by atoms with Crippen molar-refractivity contribution in [3.63, 3.8) is 0 Å². The summed E-state index contributed by atoms with van der Waals surface area (Å²) in [7, 11) is 4.07.